The van der Waals surface area contributed by atoms with E-state index < -0.39 is 10.0 Å². The molecule has 3 N–H and O–H groups in total. The molecule has 2 rings (SSSR count). The Hall–Kier alpha value is -0.900. The van der Waals surface area contributed by atoms with E-state index in [9.17, 15) is 8.42 Å². The highest BCUT2D eigenvalue weighted by molar-refractivity contribution is 9.10. The number of benzene rings is 1. The number of nitrogens with two attached hydrogens (primary N) is 1. The first-order valence-electron chi connectivity index (χ1n) is 4.43. The Balaban J connectivity index is 2.48. The van der Waals surface area contributed by atoms with Gasteiger partial charge in [-0.25, -0.2) is 8.42 Å². The van der Waals surface area contributed by atoms with E-state index in [0.29, 0.717) is 4.47 Å². The van der Waals surface area contributed by atoms with Crippen LogP contribution in [0.25, 0.3) is 0 Å². The highest BCUT2D eigenvalue weighted by atomic mass is 79.9. The fraction of sp³-hybridized carbons (Fsp3) is 0. The van der Waals surface area contributed by atoms with Gasteiger partial charge < -0.3 is 5.73 Å². The number of hydrogen-bond acceptors (Lipinski definition) is 6. The van der Waals surface area contributed by atoms with Gasteiger partial charge in [0.05, 0.1) is 5.02 Å². The van der Waals surface area contributed by atoms with E-state index in [2.05, 4.69) is 30.8 Å². The third kappa shape index (κ3) is 2.74. The van der Waals surface area contributed by atoms with Crippen LogP contribution in [0.4, 0.5) is 10.8 Å². The fourth-order valence-electron chi connectivity index (χ4n) is 1.17. The Morgan fingerprint density at radius 2 is 2.17 bits per heavy atom. The van der Waals surface area contributed by atoms with E-state index in [1.165, 1.54) is 17.6 Å². The van der Waals surface area contributed by atoms with Gasteiger partial charge in [0.15, 0.2) is 0 Å². The highest BCUT2D eigenvalue weighted by Crippen LogP contribution is 2.33. The number of hydrogen-bond donors (Lipinski definition) is 2. The topological polar surface area (TPSA) is 98.0 Å². The zero-order valence-corrected chi connectivity index (χ0v) is 12.6. The molecule has 0 atom stereocenters. The van der Waals surface area contributed by atoms with Crippen molar-refractivity contribution in [2.24, 2.45) is 0 Å². The molecule has 0 aliphatic rings. The number of aromatic nitrogens is 2. The van der Waals surface area contributed by atoms with Gasteiger partial charge in [-0.15, -0.1) is 10.2 Å². The van der Waals surface area contributed by atoms with Crippen LogP contribution in [-0.4, -0.2) is 18.6 Å². The van der Waals surface area contributed by atoms with Crippen molar-refractivity contribution in [1.82, 2.24) is 10.2 Å². The molecule has 0 radical (unpaired) electrons. The SMILES string of the molecule is Nc1cc(Br)c(Cl)c(S(=O)(=O)Nc2nncs2)c1. The van der Waals surface area contributed by atoms with Gasteiger partial charge in [0.25, 0.3) is 10.0 Å². The standard InChI is InChI=1S/C8H6BrClN4O2S2/c9-5-1-4(11)2-6(7(5)10)18(15,16)14-8-13-12-3-17-8/h1-3H,11H2,(H,13,14). The average Bonchev–Trinajstić information content (AvgIpc) is 2.75. The predicted octanol–water partition coefficient (Wildman–Crippen LogP) is 2.34. The second kappa shape index (κ2) is 5.00. The molecular weight excluding hydrogens is 364 g/mol. The summed E-state index contributed by atoms with van der Waals surface area (Å²) in [6.07, 6.45) is 0. The molecule has 1 aromatic carbocycles. The third-order valence-corrected chi connectivity index (χ3v) is 5.36. The van der Waals surface area contributed by atoms with Crippen molar-refractivity contribution in [2.45, 2.75) is 4.90 Å². The molecule has 10 heteroatoms. The van der Waals surface area contributed by atoms with Gasteiger partial charge in [0.2, 0.25) is 5.13 Å². The average molecular weight is 370 g/mol. The van der Waals surface area contributed by atoms with Crippen LogP contribution in [0.3, 0.4) is 0 Å². The first-order chi connectivity index (χ1) is 8.40. The van der Waals surface area contributed by atoms with Gasteiger partial charge in [0, 0.05) is 10.2 Å². The van der Waals surface area contributed by atoms with Crippen molar-refractivity contribution in [3.63, 3.8) is 0 Å². The highest BCUT2D eigenvalue weighted by Gasteiger charge is 2.21. The third-order valence-electron chi connectivity index (χ3n) is 1.89. The lowest BCUT2D eigenvalue weighted by Crippen LogP contribution is -2.14. The summed E-state index contributed by atoms with van der Waals surface area (Å²) >= 11 is 10.1. The summed E-state index contributed by atoms with van der Waals surface area (Å²) in [5, 5.41) is 7.34. The number of nitrogens with one attached hydrogen (secondary N) is 1. The number of nitrogens with zero attached hydrogens (tertiary/aromatic N) is 2. The summed E-state index contributed by atoms with van der Waals surface area (Å²) < 4.78 is 26.9. The maximum absolute atomic E-state index is 12.1. The van der Waals surface area contributed by atoms with Crippen molar-refractivity contribution in [3.05, 3.63) is 27.1 Å². The van der Waals surface area contributed by atoms with Crippen LogP contribution in [0.2, 0.25) is 5.02 Å². The Morgan fingerprint density at radius 3 is 2.78 bits per heavy atom. The summed E-state index contributed by atoms with van der Waals surface area (Å²) in [6, 6.07) is 2.79. The molecule has 0 amide bonds. The van der Waals surface area contributed by atoms with E-state index in [0.717, 1.165) is 11.3 Å². The van der Waals surface area contributed by atoms with Gasteiger partial charge in [0.1, 0.15) is 10.4 Å². The maximum atomic E-state index is 12.1. The first kappa shape index (κ1) is 13.5. The lowest BCUT2D eigenvalue weighted by atomic mass is 10.3. The van der Waals surface area contributed by atoms with Crippen molar-refractivity contribution < 1.29 is 8.42 Å². The van der Waals surface area contributed by atoms with Crippen molar-refractivity contribution >= 4 is 59.7 Å². The van der Waals surface area contributed by atoms with Crippen LogP contribution in [0, 0.1) is 0 Å². The number of halogens is 2. The van der Waals surface area contributed by atoms with Crippen molar-refractivity contribution in [3.8, 4) is 0 Å². The monoisotopic (exact) mass is 368 g/mol. The second-order valence-electron chi connectivity index (χ2n) is 3.16. The first-order valence-corrected chi connectivity index (χ1v) is 7.97. The van der Waals surface area contributed by atoms with Crippen LogP contribution in [0.1, 0.15) is 0 Å². The minimum atomic E-state index is -3.84. The summed E-state index contributed by atoms with van der Waals surface area (Å²) in [7, 11) is -3.84. The Bertz CT molecular complexity index is 675. The lowest BCUT2D eigenvalue weighted by molar-refractivity contribution is 0.601. The van der Waals surface area contributed by atoms with Crippen molar-refractivity contribution in [1.29, 1.82) is 0 Å². The quantitative estimate of drug-likeness (QED) is 0.809. The van der Waals surface area contributed by atoms with E-state index in [1.54, 1.807) is 0 Å². The Kier molecular flexibility index (Phi) is 3.76. The van der Waals surface area contributed by atoms with Gasteiger partial charge in [-0.2, -0.15) is 0 Å². The molecular formula is C8H6BrClN4O2S2. The molecule has 18 heavy (non-hydrogen) atoms. The van der Waals surface area contributed by atoms with Crippen LogP contribution in [0.5, 0.6) is 0 Å². The van der Waals surface area contributed by atoms with Crippen LogP contribution >= 0.6 is 38.9 Å². The van der Waals surface area contributed by atoms with Crippen molar-refractivity contribution in [2.75, 3.05) is 10.5 Å². The zero-order valence-electron chi connectivity index (χ0n) is 8.59. The number of rotatable bonds is 3. The summed E-state index contributed by atoms with van der Waals surface area (Å²) in [5.74, 6) is 0. The molecule has 0 unspecified atom stereocenters. The van der Waals surface area contributed by atoms with Gasteiger partial charge in [-0.1, -0.05) is 22.9 Å². The van der Waals surface area contributed by atoms with Gasteiger partial charge in [-0.3, -0.25) is 4.72 Å². The molecule has 0 bridgehead atoms. The number of nitrogen functional groups attached to an aromatic ring is 1. The maximum Gasteiger partial charge on any atom is 0.265 e. The normalized spacial score (nSPS) is 11.4. The smallest absolute Gasteiger partial charge is 0.265 e. The Morgan fingerprint density at radius 1 is 1.44 bits per heavy atom. The fourth-order valence-corrected chi connectivity index (χ4v) is 4.02. The van der Waals surface area contributed by atoms with E-state index in [4.69, 9.17) is 17.3 Å². The summed E-state index contributed by atoms with van der Waals surface area (Å²) in [4.78, 5) is -0.119. The van der Waals surface area contributed by atoms with E-state index in [1.807, 2.05) is 0 Å². The van der Waals surface area contributed by atoms with E-state index in [-0.39, 0.29) is 20.7 Å². The molecule has 0 spiro atoms. The second-order valence-corrected chi connectivity index (χ2v) is 6.88. The van der Waals surface area contributed by atoms with Crippen LogP contribution in [-0.2, 0) is 10.0 Å². The largest absolute Gasteiger partial charge is 0.399 e. The molecule has 0 aliphatic heterocycles. The molecule has 96 valence electrons. The number of anilines is 2. The molecule has 0 saturated carbocycles. The van der Waals surface area contributed by atoms with Crippen LogP contribution < -0.4 is 10.5 Å². The summed E-state index contributed by atoms with van der Waals surface area (Å²) in [6.45, 7) is 0. The van der Waals surface area contributed by atoms with Gasteiger partial charge >= 0.3 is 0 Å². The predicted molar refractivity (Wildman–Crippen MR) is 74.3 cm³/mol. The molecule has 1 aromatic heterocycles. The minimum absolute atomic E-state index is 0.0567. The molecule has 6 nitrogen and oxygen atoms in total. The lowest BCUT2D eigenvalue weighted by Gasteiger charge is -2.09. The molecule has 0 saturated heterocycles. The summed E-state index contributed by atoms with van der Waals surface area (Å²) in [5.41, 5.74) is 7.29. The zero-order chi connectivity index (χ0) is 13.3. The molecule has 0 fully saturated rings. The molecule has 1 heterocycles. The van der Waals surface area contributed by atoms with Gasteiger partial charge in [-0.05, 0) is 28.1 Å². The minimum Gasteiger partial charge on any atom is -0.399 e. The Labute approximate surface area is 120 Å². The molecule has 2 aromatic rings. The molecule has 0 aliphatic carbocycles. The van der Waals surface area contributed by atoms with E-state index >= 15 is 0 Å². The van der Waals surface area contributed by atoms with Crippen LogP contribution in [0.15, 0.2) is 27.0 Å². The number of sulfonamides is 1.